The third-order valence-electron chi connectivity index (χ3n) is 1.71. The highest BCUT2D eigenvalue weighted by molar-refractivity contribution is 14.1. The Morgan fingerprint density at radius 3 is 2.50 bits per heavy atom. The number of carbonyl (C=O) groups is 1. The monoisotopic (exact) mass is 302 g/mol. The lowest BCUT2D eigenvalue weighted by atomic mass is 10.1. The molecular weight excluding hydrogens is 291 g/mol. The maximum absolute atomic E-state index is 11.3. The van der Waals surface area contributed by atoms with Crippen molar-refractivity contribution in [3.63, 3.8) is 0 Å². The Hall–Kier alpha value is -0.840. The zero-order valence-corrected chi connectivity index (χ0v) is 10.1. The second kappa shape index (κ2) is 5.14. The average molecular weight is 302 g/mol. The number of carbonyl (C=O) groups excluding carboxylic acids is 1. The van der Waals surface area contributed by atoms with Crippen LogP contribution in [0.1, 0.15) is 12.5 Å². The quantitative estimate of drug-likeness (QED) is 0.487. The number of esters is 1. The molecule has 0 atom stereocenters. The van der Waals surface area contributed by atoms with E-state index in [2.05, 4.69) is 29.2 Å². The molecule has 74 valence electrons. The molecule has 14 heavy (non-hydrogen) atoms. The molecule has 0 unspecified atom stereocenters. The van der Waals surface area contributed by atoms with E-state index in [1.54, 1.807) is 6.92 Å². The average Bonchev–Trinajstić information content (AvgIpc) is 2.18. The van der Waals surface area contributed by atoms with Gasteiger partial charge in [-0.15, -0.1) is 0 Å². The fourth-order valence-corrected chi connectivity index (χ4v) is 1.35. The smallest absolute Gasteiger partial charge is 0.338 e. The number of hydrogen-bond donors (Lipinski definition) is 0. The molecule has 0 bridgehead atoms. The van der Waals surface area contributed by atoms with Crippen LogP contribution in [-0.2, 0) is 9.53 Å². The molecule has 0 saturated carbocycles. The molecule has 0 radical (unpaired) electrons. The van der Waals surface area contributed by atoms with Crippen molar-refractivity contribution in [1.29, 1.82) is 0 Å². The molecule has 1 aromatic carbocycles. The molecule has 0 aliphatic carbocycles. The zero-order valence-electron chi connectivity index (χ0n) is 7.92. The van der Waals surface area contributed by atoms with E-state index in [1.165, 1.54) is 0 Å². The lowest BCUT2D eigenvalue weighted by molar-refractivity contribution is -0.136. The normalized spacial score (nSPS) is 9.57. The van der Waals surface area contributed by atoms with E-state index in [0.29, 0.717) is 12.2 Å². The van der Waals surface area contributed by atoms with Gasteiger partial charge in [0.2, 0.25) is 0 Å². The Kier molecular flexibility index (Phi) is 4.13. The van der Waals surface area contributed by atoms with Crippen molar-refractivity contribution in [2.75, 3.05) is 6.61 Å². The Labute approximate surface area is 97.1 Å². The van der Waals surface area contributed by atoms with E-state index < -0.39 is 0 Å². The third kappa shape index (κ3) is 2.83. The summed E-state index contributed by atoms with van der Waals surface area (Å²) in [6.45, 7) is 5.85. The second-order valence-corrected chi connectivity index (χ2v) is 3.95. The number of halogens is 1. The lowest BCUT2D eigenvalue weighted by Crippen LogP contribution is -2.05. The summed E-state index contributed by atoms with van der Waals surface area (Å²) < 4.78 is 5.98. The predicted octanol–water partition coefficient (Wildman–Crippen LogP) is 2.87. The summed E-state index contributed by atoms with van der Waals surface area (Å²) in [5.41, 5.74) is 1.21. The van der Waals surface area contributed by atoms with E-state index in [0.717, 1.165) is 9.13 Å². The SMILES string of the molecule is C=C(C(=O)OCC)c1ccc(I)cc1. The first kappa shape index (κ1) is 11.2. The van der Waals surface area contributed by atoms with Crippen molar-refractivity contribution in [2.45, 2.75) is 6.92 Å². The largest absolute Gasteiger partial charge is 0.462 e. The van der Waals surface area contributed by atoms with Gasteiger partial charge in [-0.25, -0.2) is 4.79 Å². The van der Waals surface area contributed by atoms with Crippen molar-refractivity contribution < 1.29 is 9.53 Å². The standard InChI is InChI=1S/C11H11IO2/c1-3-14-11(13)8(2)9-4-6-10(12)7-5-9/h4-7H,2-3H2,1H3. The Balaban J connectivity index is 2.79. The fourth-order valence-electron chi connectivity index (χ4n) is 0.987. The molecule has 0 heterocycles. The number of hydrogen-bond acceptors (Lipinski definition) is 2. The van der Waals surface area contributed by atoms with Gasteiger partial charge in [-0.05, 0) is 47.2 Å². The van der Waals surface area contributed by atoms with Crippen molar-refractivity contribution in [2.24, 2.45) is 0 Å². The van der Waals surface area contributed by atoms with Gasteiger partial charge in [-0.2, -0.15) is 0 Å². The summed E-state index contributed by atoms with van der Waals surface area (Å²) in [7, 11) is 0. The second-order valence-electron chi connectivity index (χ2n) is 2.71. The van der Waals surface area contributed by atoms with Crippen LogP contribution in [-0.4, -0.2) is 12.6 Å². The molecule has 0 aromatic heterocycles. The minimum absolute atomic E-state index is 0.353. The maximum atomic E-state index is 11.3. The van der Waals surface area contributed by atoms with Gasteiger partial charge in [0, 0.05) is 3.57 Å². The highest BCUT2D eigenvalue weighted by Crippen LogP contribution is 2.15. The van der Waals surface area contributed by atoms with E-state index in [9.17, 15) is 4.79 Å². The van der Waals surface area contributed by atoms with E-state index in [1.807, 2.05) is 24.3 Å². The van der Waals surface area contributed by atoms with Crippen LogP contribution < -0.4 is 0 Å². The predicted molar refractivity (Wildman–Crippen MR) is 64.8 cm³/mol. The minimum Gasteiger partial charge on any atom is -0.462 e. The molecule has 0 fully saturated rings. The van der Waals surface area contributed by atoms with Gasteiger partial charge in [-0.1, -0.05) is 18.7 Å². The Bertz CT molecular complexity index is 341. The molecule has 0 aliphatic rings. The molecule has 0 spiro atoms. The lowest BCUT2D eigenvalue weighted by Gasteiger charge is -2.04. The first-order valence-electron chi connectivity index (χ1n) is 4.27. The van der Waals surface area contributed by atoms with Crippen LogP contribution >= 0.6 is 22.6 Å². The molecule has 1 aromatic rings. The van der Waals surface area contributed by atoms with Crippen LogP contribution in [0.15, 0.2) is 30.8 Å². The summed E-state index contributed by atoms with van der Waals surface area (Å²) in [4.78, 5) is 11.3. The van der Waals surface area contributed by atoms with Crippen molar-refractivity contribution in [3.05, 3.63) is 40.0 Å². The Morgan fingerprint density at radius 1 is 1.43 bits per heavy atom. The molecule has 2 nitrogen and oxygen atoms in total. The summed E-state index contributed by atoms with van der Waals surface area (Å²) in [6, 6.07) is 7.59. The van der Waals surface area contributed by atoms with Gasteiger partial charge in [0.05, 0.1) is 12.2 Å². The zero-order chi connectivity index (χ0) is 10.6. The van der Waals surface area contributed by atoms with Gasteiger partial charge >= 0.3 is 5.97 Å². The fraction of sp³-hybridized carbons (Fsp3) is 0.182. The summed E-state index contributed by atoms with van der Waals surface area (Å²) in [5.74, 6) is -0.353. The Morgan fingerprint density at radius 2 is 2.00 bits per heavy atom. The van der Waals surface area contributed by atoms with E-state index in [-0.39, 0.29) is 5.97 Å². The molecule has 0 amide bonds. The van der Waals surface area contributed by atoms with Crippen LogP contribution in [0.3, 0.4) is 0 Å². The van der Waals surface area contributed by atoms with Crippen molar-refractivity contribution in [1.82, 2.24) is 0 Å². The van der Waals surface area contributed by atoms with Crippen molar-refractivity contribution >= 4 is 34.1 Å². The van der Waals surface area contributed by atoms with Crippen LogP contribution in [0.5, 0.6) is 0 Å². The molecular formula is C11H11IO2. The van der Waals surface area contributed by atoms with E-state index >= 15 is 0 Å². The number of rotatable bonds is 3. The summed E-state index contributed by atoms with van der Waals surface area (Å²) >= 11 is 2.21. The topological polar surface area (TPSA) is 26.3 Å². The van der Waals surface area contributed by atoms with E-state index in [4.69, 9.17) is 4.74 Å². The number of benzene rings is 1. The third-order valence-corrected chi connectivity index (χ3v) is 2.43. The molecule has 0 N–H and O–H groups in total. The first-order chi connectivity index (χ1) is 6.65. The van der Waals surface area contributed by atoms with Gasteiger partial charge < -0.3 is 4.74 Å². The maximum Gasteiger partial charge on any atom is 0.338 e. The van der Waals surface area contributed by atoms with Gasteiger partial charge in [0.1, 0.15) is 0 Å². The molecule has 1 rings (SSSR count). The summed E-state index contributed by atoms with van der Waals surface area (Å²) in [5, 5.41) is 0. The van der Waals surface area contributed by atoms with Crippen LogP contribution in [0.4, 0.5) is 0 Å². The van der Waals surface area contributed by atoms with Gasteiger partial charge in [0.25, 0.3) is 0 Å². The van der Waals surface area contributed by atoms with Crippen LogP contribution in [0, 0.1) is 3.57 Å². The summed E-state index contributed by atoms with van der Waals surface area (Å²) in [6.07, 6.45) is 0. The first-order valence-corrected chi connectivity index (χ1v) is 5.35. The molecule has 0 saturated heterocycles. The van der Waals surface area contributed by atoms with Crippen LogP contribution in [0.2, 0.25) is 0 Å². The van der Waals surface area contributed by atoms with Gasteiger partial charge in [-0.3, -0.25) is 0 Å². The van der Waals surface area contributed by atoms with Gasteiger partial charge in [0.15, 0.2) is 0 Å². The van der Waals surface area contributed by atoms with Crippen molar-refractivity contribution in [3.8, 4) is 0 Å². The number of ether oxygens (including phenoxy) is 1. The minimum atomic E-state index is -0.353. The molecule has 0 aliphatic heterocycles. The van der Waals surface area contributed by atoms with Crippen LogP contribution in [0.25, 0.3) is 5.57 Å². The highest BCUT2D eigenvalue weighted by atomic mass is 127. The highest BCUT2D eigenvalue weighted by Gasteiger charge is 2.09. The molecule has 3 heteroatoms.